The van der Waals surface area contributed by atoms with Gasteiger partial charge in [-0.2, -0.15) is 5.26 Å². The van der Waals surface area contributed by atoms with Crippen LogP contribution in [0.2, 0.25) is 0 Å². The summed E-state index contributed by atoms with van der Waals surface area (Å²) >= 11 is 1.34. The summed E-state index contributed by atoms with van der Waals surface area (Å²) < 4.78 is 11.1. The molecule has 0 bridgehead atoms. The molecule has 0 radical (unpaired) electrons. The maximum Gasteiger partial charge on any atom is 0.237 e. The zero-order chi connectivity index (χ0) is 20.6. The van der Waals surface area contributed by atoms with Crippen LogP contribution in [0.5, 0.6) is 11.5 Å². The molecule has 1 aromatic carbocycles. The first-order valence-electron chi connectivity index (χ1n) is 9.91. The van der Waals surface area contributed by atoms with E-state index in [0.29, 0.717) is 47.4 Å². The van der Waals surface area contributed by atoms with Gasteiger partial charge in [-0.25, -0.2) is 4.98 Å². The van der Waals surface area contributed by atoms with Crippen LogP contribution >= 0.6 is 11.8 Å². The molecule has 0 saturated heterocycles. The zero-order valence-electron chi connectivity index (χ0n) is 16.7. The van der Waals surface area contributed by atoms with Crippen LogP contribution in [-0.2, 0) is 11.2 Å². The Kier molecular flexibility index (Phi) is 7.36. The molecular weight excluding hydrogens is 386 g/mol. The number of aromatic nitrogens is 1. The highest BCUT2D eigenvalue weighted by molar-refractivity contribution is 8.00. The van der Waals surface area contributed by atoms with Crippen molar-refractivity contribution in [3.63, 3.8) is 0 Å². The number of nitrogens with zero attached hydrogens (tertiary/aromatic N) is 2. The molecule has 1 aliphatic heterocycles. The minimum Gasteiger partial charge on any atom is -0.486 e. The molecule has 2 aromatic rings. The summed E-state index contributed by atoms with van der Waals surface area (Å²) in [6, 6.07) is 11.2. The van der Waals surface area contributed by atoms with Crippen molar-refractivity contribution in [2.45, 2.75) is 49.8 Å². The molecule has 1 unspecified atom stereocenters. The Morgan fingerprint density at radius 2 is 2.03 bits per heavy atom. The number of nitrogens with one attached hydrogen (secondary N) is 1. The van der Waals surface area contributed by atoms with Gasteiger partial charge in [-0.05, 0) is 43.5 Å². The van der Waals surface area contributed by atoms with E-state index < -0.39 is 0 Å². The molecule has 2 heterocycles. The average Bonchev–Trinajstić information content (AvgIpc) is 2.75. The number of carbonyl (C=O) groups excluding carboxylic acids is 1. The molecule has 0 fully saturated rings. The minimum absolute atomic E-state index is 0.126. The van der Waals surface area contributed by atoms with Gasteiger partial charge in [0.25, 0.3) is 0 Å². The molecule has 3 rings (SSSR count). The van der Waals surface area contributed by atoms with Crippen molar-refractivity contribution in [2.75, 3.05) is 18.5 Å². The van der Waals surface area contributed by atoms with Gasteiger partial charge in [-0.3, -0.25) is 4.79 Å². The lowest BCUT2D eigenvalue weighted by Gasteiger charge is -2.20. The molecule has 6 nitrogen and oxygen atoms in total. The highest BCUT2D eigenvalue weighted by Gasteiger charge is 2.22. The van der Waals surface area contributed by atoms with Crippen LogP contribution < -0.4 is 14.8 Å². The zero-order valence-corrected chi connectivity index (χ0v) is 17.6. The number of hydrogen-bond acceptors (Lipinski definition) is 6. The lowest BCUT2D eigenvalue weighted by Crippen LogP contribution is -2.25. The Hall–Kier alpha value is -2.72. The van der Waals surface area contributed by atoms with Crippen molar-refractivity contribution in [3.8, 4) is 17.6 Å². The van der Waals surface area contributed by atoms with E-state index in [1.54, 1.807) is 24.3 Å². The summed E-state index contributed by atoms with van der Waals surface area (Å²) in [5.74, 6) is 1.19. The second kappa shape index (κ2) is 10.2. The topological polar surface area (TPSA) is 84.2 Å². The predicted molar refractivity (Wildman–Crippen MR) is 114 cm³/mol. The van der Waals surface area contributed by atoms with Crippen LogP contribution in [0.25, 0.3) is 0 Å². The number of rotatable bonds is 8. The number of hydrogen-bond donors (Lipinski definition) is 1. The van der Waals surface area contributed by atoms with Crippen molar-refractivity contribution >= 4 is 23.4 Å². The molecule has 7 heteroatoms. The number of ether oxygens (including phenoxy) is 2. The molecule has 1 amide bonds. The van der Waals surface area contributed by atoms with Gasteiger partial charge in [0.1, 0.15) is 24.3 Å². The van der Waals surface area contributed by atoms with E-state index >= 15 is 0 Å². The molecule has 0 spiro atoms. The Morgan fingerprint density at radius 1 is 1.24 bits per heavy atom. The number of unbranched alkanes of at least 4 members (excludes halogenated alkanes) is 1. The highest BCUT2D eigenvalue weighted by Crippen LogP contribution is 2.33. The second-order valence-corrected chi connectivity index (χ2v) is 7.92. The number of nitriles is 1. The van der Waals surface area contributed by atoms with Gasteiger partial charge in [-0.15, -0.1) is 0 Å². The Labute approximate surface area is 175 Å². The van der Waals surface area contributed by atoms with Gasteiger partial charge in [0.15, 0.2) is 11.5 Å². The molecule has 0 saturated carbocycles. The number of fused-ring (bicyclic) bond motifs is 1. The Morgan fingerprint density at radius 3 is 2.76 bits per heavy atom. The molecule has 1 N–H and O–H groups in total. The first-order chi connectivity index (χ1) is 14.1. The monoisotopic (exact) mass is 411 g/mol. The molecule has 1 aliphatic rings. The fraction of sp³-hybridized carbons (Fsp3) is 0.409. The van der Waals surface area contributed by atoms with Gasteiger partial charge in [0, 0.05) is 17.4 Å². The largest absolute Gasteiger partial charge is 0.486 e. The van der Waals surface area contributed by atoms with Gasteiger partial charge < -0.3 is 14.8 Å². The number of benzene rings is 1. The van der Waals surface area contributed by atoms with Crippen molar-refractivity contribution in [2.24, 2.45) is 0 Å². The van der Waals surface area contributed by atoms with Gasteiger partial charge in [-0.1, -0.05) is 32.0 Å². The number of pyridine rings is 1. The third-order valence-corrected chi connectivity index (χ3v) is 5.92. The van der Waals surface area contributed by atoms with E-state index in [0.717, 1.165) is 25.0 Å². The van der Waals surface area contributed by atoms with Crippen LogP contribution in [0.1, 0.15) is 44.4 Å². The second-order valence-electron chi connectivity index (χ2n) is 6.73. The van der Waals surface area contributed by atoms with Crippen molar-refractivity contribution in [3.05, 3.63) is 41.6 Å². The fourth-order valence-electron chi connectivity index (χ4n) is 2.95. The van der Waals surface area contributed by atoms with Crippen LogP contribution in [-0.4, -0.2) is 29.4 Å². The fourth-order valence-corrected chi connectivity index (χ4v) is 3.96. The highest BCUT2D eigenvalue weighted by atomic mass is 32.2. The lowest BCUT2D eigenvalue weighted by molar-refractivity contribution is -0.115. The summed E-state index contributed by atoms with van der Waals surface area (Å²) in [4.78, 5) is 17.5. The maximum atomic E-state index is 12.9. The molecule has 1 atom stereocenters. The quantitative estimate of drug-likeness (QED) is 0.640. The number of anilines is 1. The van der Waals surface area contributed by atoms with E-state index in [1.807, 2.05) is 13.0 Å². The van der Waals surface area contributed by atoms with Gasteiger partial charge >= 0.3 is 0 Å². The maximum absolute atomic E-state index is 12.9. The van der Waals surface area contributed by atoms with Crippen molar-refractivity contribution < 1.29 is 14.3 Å². The van der Waals surface area contributed by atoms with Crippen LogP contribution in [0.3, 0.4) is 0 Å². The SMILES string of the molecule is CCCCc1ccc(C#N)c(SC(CC)C(=O)Nc2ccc3c(c2)OCCO3)n1. The Balaban J connectivity index is 1.72. The lowest BCUT2D eigenvalue weighted by atomic mass is 10.2. The molecule has 1 aromatic heterocycles. The number of thioether (sulfide) groups is 1. The van der Waals surface area contributed by atoms with Crippen molar-refractivity contribution in [1.82, 2.24) is 4.98 Å². The van der Waals surface area contributed by atoms with Gasteiger partial charge in [0.2, 0.25) is 5.91 Å². The Bertz CT molecular complexity index is 911. The van der Waals surface area contributed by atoms with Crippen LogP contribution in [0.4, 0.5) is 5.69 Å². The van der Waals surface area contributed by atoms with E-state index in [9.17, 15) is 10.1 Å². The van der Waals surface area contributed by atoms with E-state index in [4.69, 9.17) is 9.47 Å². The smallest absolute Gasteiger partial charge is 0.237 e. The summed E-state index contributed by atoms with van der Waals surface area (Å²) in [7, 11) is 0. The standard InChI is InChI=1S/C22H25N3O3S/c1-3-5-6-16-8-7-15(14-23)22(25-16)29-20(4-2)21(26)24-17-9-10-18-19(13-17)28-12-11-27-18/h7-10,13,20H,3-6,11-12H2,1-2H3,(H,24,26). The first-order valence-corrected chi connectivity index (χ1v) is 10.8. The number of amides is 1. The van der Waals surface area contributed by atoms with Crippen molar-refractivity contribution in [1.29, 1.82) is 5.26 Å². The molecule has 152 valence electrons. The summed E-state index contributed by atoms with van der Waals surface area (Å²) in [5.41, 5.74) is 2.11. The number of carbonyl (C=O) groups is 1. The van der Waals surface area contributed by atoms with Crippen LogP contribution in [0.15, 0.2) is 35.4 Å². The summed E-state index contributed by atoms with van der Waals surface area (Å²) in [6.07, 6.45) is 3.62. The number of aryl methyl sites for hydroxylation is 1. The first kappa shape index (κ1) is 21.0. The molecular formula is C22H25N3O3S. The summed E-state index contributed by atoms with van der Waals surface area (Å²) in [6.45, 7) is 5.11. The molecule has 0 aliphatic carbocycles. The third kappa shape index (κ3) is 5.42. The van der Waals surface area contributed by atoms with E-state index in [-0.39, 0.29) is 11.2 Å². The van der Waals surface area contributed by atoms with Crippen LogP contribution in [0, 0.1) is 11.3 Å². The summed E-state index contributed by atoms with van der Waals surface area (Å²) in [5, 5.41) is 12.6. The predicted octanol–water partition coefficient (Wildman–Crippen LogP) is 4.58. The van der Waals surface area contributed by atoms with E-state index in [1.165, 1.54) is 11.8 Å². The molecule has 29 heavy (non-hydrogen) atoms. The normalized spacial score (nSPS) is 13.4. The van der Waals surface area contributed by atoms with Gasteiger partial charge in [0.05, 0.1) is 10.8 Å². The third-order valence-electron chi connectivity index (χ3n) is 4.55. The minimum atomic E-state index is -0.357. The average molecular weight is 412 g/mol. The van der Waals surface area contributed by atoms with E-state index in [2.05, 4.69) is 23.3 Å².